The highest BCUT2D eigenvalue weighted by Gasteiger charge is 2.20. The van der Waals surface area contributed by atoms with Crippen LogP contribution in [0.3, 0.4) is 0 Å². The van der Waals surface area contributed by atoms with Gasteiger partial charge >= 0.3 is 5.97 Å². The van der Waals surface area contributed by atoms with E-state index in [9.17, 15) is 4.79 Å². The Morgan fingerprint density at radius 3 is 2.47 bits per heavy atom. The van der Waals surface area contributed by atoms with Crippen molar-refractivity contribution in [1.29, 1.82) is 0 Å². The first kappa shape index (κ1) is 24.0. The topological polar surface area (TPSA) is 44.1 Å². The largest absolute Gasteiger partial charge is 0.456 e. The van der Waals surface area contributed by atoms with Crippen LogP contribution in [0.5, 0.6) is 0 Å². The van der Waals surface area contributed by atoms with Gasteiger partial charge in [-0.1, -0.05) is 67.4 Å². The molecule has 0 N–H and O–H groups in total. The number of hydrogen-bond donors (Lipinski definition) is 0. The average molecular weight is 475 g/mol. The van der Waals surface area contributed by atoms with Crippen molar-refractivity contribution in [1.82, 2.24) is 9.55 Å². The van der Waals surface area contributed by atoms with Crippen LogP contribution in [-0.4, -0.2) is 21.1 Å². The molecule has 4 rings (SSSR count). The maximum atomic E-state index is 12.8. The van der Waals surface area contributed by atoms with Gasteiger partial charge in [0.05, 0.1) is 16.6 Å². The molecule has 0 saturated carbocycles. The van der Waals surface area contributed by atoms with Crippen LogP contribution in [0, 0.1) is 0 Å². The number of hydrogen-bond acceptors (Lipinski definition) is 3. The van der Waals surface area contributed by atoms with Crippen molar-refractivity contribution < 1.29 is 9.53 Å². The number of rotatable bonds is 7. The summed E-state index contributed by atoms with van der Waals surface area (Å²) in [5.74, 6) is 0.773. The van der Waals surface area contributed by atoms with Crippen molar-refractivity contribution in [2.75, 3.05) is 0 Å². The minimum absolute atomic E-state index is 0.309. The van der Waals surface area contributed by atoms with E-state index >= 15 is 0 Å². The lowest BCUT2D eigenvalue weighted by atomic mass is 9.98. The SMILES string of the molecule is CCCCc1nc2cc(Cl)ccc2n1Cc1ccc(-c2ccccc2C(=O)OC(C)(C)C)cc1. The van der Waals surface area contributed by atoms with Gasteiger partial charge in [-0.25, -0.2) is 9.78 Å². The maximum Gasteiger partial charge on any atom is 0.339 e. The van der Waals surface area contributed by atoms with Crippen molar-refractivity contribution in [3.8, 4) is 11.1 Å². The molecule has 0 bridgehead atoms. The Balaban J connectivity index is 1.63. The molecule has 0 aliphatic rings. The fourth-order valence-electron chi connectivity index (χ4n) is 4.07. The fraction of sp³-hybridized carbons (Fsp3) is 0.310. The van der Waals surface area contributed by atoms with Crippen LogP contribution in [0.1, 0.15) is 62.3 Å². The van der Waals surface area contributed by atoms with Gasteiger partial charge in [0, 0.05) is 18.0 Å². The summed E-state index contributed by atoms with van der Waals surface area (Å²) in [7, 11) is 0. The molecule has 0 atom stereocenters. The normalized spacial score (nSPS) is 11.7. The molecule has 0 radical (unpaired) electrons. The van der Waals surface area contributed by atoms with Crippen LogP contribution >= 0.6 is 11.6 Å². The van der Waals surface area contributed by atoms with Crippen LogP contribution < -0.4 is 0 Å². The first-order chi connectivity index (χ1) is 16.2. The van der Waals surface area contributed by atoms with Gasteiger partial charge in [-0.05, 0) is 68.1 Å². The number of carbonyl (C=O) groups excluding carboxylic acids is 1. The van der Waals surface area contributed by atoms with Gasteiger partial charge in [0.2, 0.25) is 0 Å². The van der Waals surface area contributed by atoms with E-state index in [-0.39, 0.29) is 5.97 Å². The monoisotopic (exact) mass is 474 g/mol. The van der Waals surface area contributed by atoms with Crippen LogP contribution in [0.2, 0.25) is 5.02 Å². The van der Waals surface area contributed by atoms with Crippen LogP contribution in [0.4, 0.5) is 0 Å². The second-order valence-electron chi connectivity index (χ2n) is 9.60. The summed E-state index contributed by atoms with van der Waals surface area (Å²) >= 11 is 6.21. The van der Waals surface area contributed by atoms with E-state index in [4.69, 9.17) is 21.3 Å². The highest BCUT2D eigenvalue weighted by Crippen LogP contribution is 2.27. The number of nitrogens with zero attached hydrogens (tertiary/aromatic N) is 2. The molecule has 5 heteroatoms. The molecule has 4 nitrogen and oxygen atoms in total. The summed E-state index contributed by atoms with van der Waals surface area (Å²) in [6, 6.07) is 21.9. The Morgan fingerprint density at radius 1 is 1.03 bits per heavy atom. The van der Waals surface area contributed by atoms with Crippen molar-refractivity contribution in [2.45, 2.75) is 59.1 Å². The van der Waals surface area contributed by atoms with Crippen molar-refractivity contribution in [3.05, 3.63) is 88.7 Å². The average Bonchev–Trinajstić information content (AvgIpc) is 3.13. The third kappa shape index (κ3) is 5.51. The second-order valence-corrected chi connectivity index (χ2v) is 10.0. The Hall–Kier alpha value is -3.11. The van der Waals surface area contributed by atoms with Gasteiger partial charge in [-0.15, -0.1) is 0 Å². The fourth-order valence-corrected chi connectivity index (χ4v) is 4.24. The molecule has 0 aliphatic heterocycles. The standard InChI is InChI=1S/C29H31ClN2O2/c1-5-6-11-27-31-25-18-22(30)16-17-26(25)32(27)19-20-12-14-21(15-13-20)23-9-7-8-10-24(23)28(33)34-29(2,3)4/h7-10,12-18H,5-6,11,19H2,1-4H3. The number of halogens is 1. The molecule has 0 amide bonds. The summed E-state index contributed by atoms with van der Waals surface area (Å²) < 4.78 is 7.90. The van der Waals surface area contributed by atoms with Gasteiger partial charge in [0.25, 0.3) is 0 Å². The quantitative estimate of drug-likeness (QED) is 0.258. The number of benzene rings is 3. The summed E-state index contributed by atoms with van der Waals surface area (Å²) in [5, 5.41) is 0.701. The zero-order chi connectivity index (χ0) is 24.3. The van der Waals surface area contributed by atoms with Gasteiger partial charge in [-0.3, -0.25) is 0 Å². The summed E-state index contributed by atoms with van der Waals surface area (Å²) in [5.41, 5.74) is 5.08. The molecular formula is C29H31ClN2O2. The molecule has 34 heavy (non-hydrogen) atoms. The summed E-state index contributed by atoms with van der Waals surface area (Å²) in [6.07, 6.45) is 3.15. The van der Waals surface area contributed by atoms with Gasteiger partial charge in [0.1, 0.15) is 11.4 Å². The van der Waals surface area contributed by atoms with Gasteiger partial charge < -0.3 is 9.30 Å². The van der Waals surface area contributed by atoms with E-state index in [1.165, 1.54) is 5.56 Å². The molecule has 0 aliphatic carbocycles. The number of aromatic nitrogens is 2. The lowest BCUT2D eigenvalue weighted by Crippen LogP contribution is -2.24. The number of fused-ring (bicyclic) bond motifs is 1. The Kier molecular flexibility index (Phi) is 7.08. The van der Waals surface area contributed by atoms with Crippen molar-refractivity contribution in [2.24, 2.45) is 0 Å². The lowest BCUT2D eigenvalue weighted by Gasteiger charge is -2.20. The first-order valence-electron chi connectivity index (χ1n) is 11.8. The Bertz CT molecular complexity index is 1300. The highest BCUT2D eigenvalue weighted by atomic mass is 35.5. The minimum atomic E-state index is -0.540. The summed E-state index contributed by atoms with van der Waals surface area (Å²) in [4.78, 5) is 17.6. The molecule has 0 fully saturated rings. The van der Waals surface area contributed by atoms with Crippen LogP contribution in [0.15, 0.2) is 66.7 Å². The molecule has 3 aromatic carbocycles. The molecule has 1 heterocycles. The van der Waals surface area contributed by atoms with E-state index in [0.29, 0.717) is 10.6 Å². The number of aryl methyl sites for hydroxylation is 1. The molecule has 0 spiro atoms. The van der Waals surface area contributed by atoms with E-state index in [1.807, 2.05) is 63.2 Å². The molecule has 0 saturated heterocycles. The molecular weight excluding hydrogens is 444 g/mol. The predicted molar refractivity (Wildman–Crippen MR) is 140 cm³/mol. The zero-order valence-corrected chi connectivity index (χ0v) is 21.0. The number of ether oxygens (including phenoxy) is 1. The highest BCUT2D eigenvalue weighted by molar-refractivity contribution is 6.31. The molecule has 176 valence electrons. The van der Waals surface area contributed by atoms with Crippen molar-refractivity contribution in [3.63, 3.8) is 0 Å². The van der Waals surface area contributed by atoms with Crippen LogP contribution in [0.25, 0.3) is 22.2 Å². The molecule has 1 aromatic heterocycles. The van der Waals surface area contributed by atoms with E-state index in [1.54, 1.807) is 0 Å². The first-order valence-corrected chi connectivity index (χ1v) is 12.2. The maximum absolute atomic E-state index is 12.8. The van der Waals surface area contributed by atoms with Crippen molar-refractivity contribution >= 4 is 28.6 Å². The molecule has 0 unspecified atom stereocenters. The van der Waals surface area contributed by atoms with Crippen LogP contribution in [-0.2, 0) is 17.7 Å². The second kappa shape index (κ2) is 10.0. The predicted octanol–water partition coefficient (Wildman–Crippen LogP) is 7.70. The summed E-state index contributed by atoms with van der Waals surface area (Å²) in [6.45, 7) is 8.56. The zero-order valence-electron chi connectivity index (χ0n) is 20.3. The smallest absolute Gasteiger partial charge is 0.339 e. The Morgan fingerprint density at radius 2 is 1.76 bits per heavy atom. The van der Waals surface area contributed by atoms with E-state index in [0.717, 1.165) is 53.8 Å². The molecule has 4 aromatic rings. The van der Waals surface area contributed by atoms with E-state index < -0.39 is 5.60 Å². The Labute approximate surface area is 206 Å². The number of unbranched alkanes of at least 4 members (excludes halogenated alkanes) is 1. The lowest BCUT2D eigenvalue weighted by molar-refractivity contribution is 0.00704. The number of esters is 1. The third-order valence-electron chi connectivity index (χ3n) is 5.69. The third-order valence-corrected chi connectivity index (χ3v) is 5.93. The number of carbonyl (C=O) groups is 1. The number of imidazole rings is 1. The van der Waals surface area contributed by atoms with E-state index in [2.05, 4.69) is 35.8 Å². The van der Waals surface area contributed by atoms with Gasteiger partial charge in [0.15, 0.2) is 0 Å². The van der Waals surface area contributed by atoms with Gasteiger partial charge in [-0.2, -0.15) is 0 Å². The minimum Gasteiger partial charge on any atom is -0.456 e.